The van der Waals surface area contributed by atoms with Gasteiger partial charge in [-0.2, -0.15) is 5.10 Å². The quantitative estimate of drug-likeness (QED) is 0.409. The van der Waals surface area contributed by atoms with Gasteiger partial charge in [-0.25, -0.2) is 13.1 Å². The maximum Gasteiger partial charge on any atom is 0.264 e. The number of sulfonamides is 1. The molecule has 0 aliphatic heterocycles. The molecule has 10 heteroatoms. The maximum absolute atomic E-state index is 13.1. The van der Waals surface area contributed by atoms with Crippen LogP contribution in [0.4, 0.5) is 11.5 Å². The van der Waals surface area contributed by atoms with Gasteiger partial charge in [0.15, 0.2) is 0 Å². The molecule has 0 atom stereocenters. The molecule has 0 saturated heterocycles. The van der Waals surface area contributed by atoms with Crippen LogP contribution in [0.2, 0.25) is 5.02 Å². The summed E-state index contributed by atoms with van der Waals surface area (Å²) < 4.78 is 29.0. The molecule has 1 N–H and O–H groups in total. The van der Waals surface area contributed by atoms with Crippen LogP contribution in [-0.4, -0.2) is 31.2 Å². The molecule has 0 aliphatic rings. The van der Waals surface area contributed by atoms with E-state index in [9.17, 15) is 13.2 Å². The Balaban J connectivity index is 1.55. The van der Waals surface area contributed by atoms with Crippen LogP contribution in [0, 0.1) is 0 Å². The van der Waals surface area contributed by atoms with Crippen molar-refractivity contribution in [1.29, 1.82) is 0 Å². The summed E-state index contributed by atoms with van der Waals surface area (Å²) in [5.74, 6) is 0.0908. The van der Waals surface area contributed by atoms with Gasteiger partial charge >= 0.3 is 0 Å². The molecule has 2 aromatic carbocycles. The number of benzene rings is 2. The van der Waals surface area contributed by atoms with Crippen LogP contribution in [0.5, 0.6) is 0 Å². The Labute approximate surface area is 194 Å². The number of nitrogens with zero attached hydrogens (tertiary/aromatic N) is 3. The second-order valence-electron chi connectivity index (χ2n) is 6.89. The molecular weight excluding hydrogens is 468 g/mol. The Hall–Kier alpha value is -3.14. The fourth-order valence-corrected chi connectivity index (χ4v) is 5.17. The number of carbonyl (C=O) groups is 1. The number of carbonyl (C=O) groups excluding carboxylic acids is 1. The van der Waals surface area contributed by atoms with Crippen molar-refractivity contribution >= 4 is 50.4 Å². The van der Waals surface area contributed by atoms with Gasteiger partial charge in [0.2, 0.25) is 0 Å². The van der Waals surface area contributed by atoms with E-state index in [1.54, 1.807) is 58.6 Å². The molecule has 0 bridgehead atoms. The molecule has 0 unspecified atom stereocenters. The third-order valence-electron chi connectivity index (χ3n) is 4.77. The number of rotatable bonds is 7. The summed E-state index contributed by atoms with van der Waals surface area (Å²) in [4.78, 5) is 14.0. The van der Waals surface area contributed by atoms with Gasteiger partial charge in [-0.15, -0.1) is 11.3 Å². The number of hydrogen-bond donors (Lipinski definition) is 1. The lowest BCUT2D eigenvalue weighted by molar-refractivity contribution is 0.102. The monoisotopic (exact) mass is 486 g/mol. The highest BCUT2D eigenvalue weighted by atomic mass is 35.5. The third-order valence-corrected chi connectivity index (χ3v) is 7.65. The Morgan fingerprint density at radius 3 is 2.69 bits per heavy atom. The summed E-state index contributed by atoms with van der Waals surface area (Å²) in [7, 11) is -2.45. The lowest BCUT2D eigenvalue weighted by Gasteiger charge is -2.20. The molecule has 0 radical (unpaired) electrons. The minimum atomic E-state index is -3.89. The van der Waals surface area contributed by atoms with Crippen molar-refractivity contribution in [2.75, 3.05) is 16.7 Å². The van der Waals surface area contributed by atoms with E-state index in [2.05, 4.69) is 10.4 Å². The van der Waals surface area contributed by atoms with Gasteiger partial charge in [-0.3, -0.25) is 9.10 Å². The first-order chi connectivity index (χ1) is 15.3. The van der Waals surface area contributed by atoms with Gasteiger partial charge < -0.3 is 5.32 Å². The van der Waals surface area contributed by atoms with E-state index in [0.717, 1.165) is 9.18 Å². The lowest BCUT2D eigenvalue weighted by atomic mass is 10.2. The molecule has 2 heterocycles. The van der Waals surface area contributed by atoms with Crippen molar-refractivity contribution in [1.82, 2.24) is 9.78 Å². The summed E-state index contributed by atoms with van der Waals surface area (Å²) in [6.45, 7) is 0.527. The van der Waals surface area contributed by atoms with E-state index in [0.29, 0.717) is 23.1 Å². The Kier molecular flexibility index (Phi) is 6.31. The van der Waals surface area contributed by atoms with Crippen molar-refractivity contribution < 1.29 is 13.2 Å². The number of hydrogen-bond acceptors (Lipinski definition) is 5. The molecule has 32 heavy (non-hydrogen) atoms. The molecule has 2 aromatic heterocycles. The molecule has 4 rings (SSSR count). The van der Waals surface area contributed by atoms with Gasteiger partial charge in [-0.05, 0) is 47.8 Å². The topological polar surface area (TPSA) is 84.3 Å². The van der Waals surface area contributed by atoms with Crippen LogP contribution in [-0.2, 0) is 16.6 Å². The molecule has 0 fully saturated rings. The third kappa shape index (κ3) is 4.69. The van der Waals surface area contributed by atoms with Gasteiger partial charge in [0, 0.05) is 28.6 Å². The van der Waals surface area contributed by atoms with Crippen LogP contribution in [0.1, 0.15) is 15.2 Å². The number of nitrogens with one attached hydrogen (secondary N) is 1. The smallest absolute Gasteiger partial charge is 0.264 e. The number of anilines is 2. The zero-order valence-corrected chi connectivity index (χ0v) is 19.4. The minimum Gasteiger partial charge on any atom is -0.307 e. The van der Waals surface area contributed by atoms with Crippen LogP contribution in [0.25, 0.3) is 0 Å². The zero-order valence-electron chi connectivity index (χ0n) is 17.0. The van der Waals surface area contributed by atoms with E-state index in [4.69, 9.17) is 11.6 Å². The Morgan fingerprint density at radius 1 is 1.12 bits per heavy atom. The van der Waals surface area contributed by atoms with Crippen LogP contribution < -0.4 is 9.62 Å². The van der Waals surface area contributed by atoms with Gasteiger partial charge in [-0.1, -0.05) is 29.8 Å². The average molecular weight is 487 g/mol. The second-order valence-corrected chi connectivity index (χ2v) is 10.3. The van der Waals surface area contributed by atoms with Gasteiger partial charge in [0.05, 0.1) is 23.3 Å². The van der Waals surface area contributed by atoms with E-state index in [1.807, 2.05) is 17.5 Å². The zero-order chi connectivity index (χ0) is 22.7. The van der Waals surface area contributed by atoms with Crippen molar-refractivity contribution in [3.05, 3.63) is 93.8 Å². The summed E-state index contributed by atoms with van der Waals surface area (Å²) in [5, 5.41) is 9.46. The number of thiophene rings is 1. The fourth-order valence-electron chi connectivity index (χ4n) is 3.07. The highest BCUT2D eigenvalue weighted by Crippen LogP contribution is 2.25. The first kappa shape index (κ1) is 22.1. The summed E-state index contributed by atoms with van der Waals surface area (Å²) in [5.41, 5.74) is 0.638. The molecule has 0 aliphatic carbocycles. The number of aromatic nitrogens is 2. The van der Waals surface area contributed by atoms with Gasteiger partial charge in [0.1, 0.15) is 5.82 Å². The van der Waals surface area contributed by atoms with E-state index >= 15 is 0 Å². The largest absolute Gasteiger partial charge is 0.307 e. The van der Waals surface area contributed by atoms with Crippen molar-refractivity contribution in [2.45, 2.75) is 11.4 Å². The minimum absolute atomic E-state index is 0.000260. The predicted octanol–water partition coefficient (Wildman–Crippen LogP) is 4.72. The summed E-state index contributed by atoms with van der Waals surface area (Å²) >= 11 is 7.59. The van der Waals surface area contributed by atoms with Crippen LogP contribution in [0.15, 0.2) is 83.2 Å². The average Bonchev–Trinajstić information content (AvgIpc) is 3.46. The standard InChI is InChI=1S/C22H19ClN4O3S2/c1-26(18-7-3-6-17(23)14-18)32(29,30)20-9-2-5-16(13-20)22(28)25-21-10-11-24-27(21)15-19-8-4-12-31-19/h2-14H,15H2,1H3,(H,25,28). The van der Waals surface area contributed by atoms with Crippen LogP contribution in [0.3, 0.4) is 0 Å². The molecule has 0 spiro atoms. The number of amides is 1. The first-order valence-corrected chi connectivity index (χ1v) is 12.2. The summed E-state index contributed by atoms with van der Waals surface area (Å²) in [6.07, 6.45) is 1.60. The first-order valence-electron chi connectivity index (χ1n) is 9.55. The maximum atomic E-state index is 13.1. The van der Waals surface area contributed by atoms with E-state index in [-0.39, 0.29) is 10.5 Å². The normalized spacial score (nSPS) is 11.3. The Morgan fingerprint density at radius 2 is 1.94 bits per heavy atom. The second kappa shape index (κ2) is 9.15. The van der Waals surface area contributed by atoms with Crippen molar-refractivity contribution in [3.8, 4) is 0 Å². The molecule has 1 amide bonds. The van der Waals surface area contributed by atoms with Crippen molar-refractivity contribution in [3.63, 3.8) is 0 Å². The lowest BCUT2D eigenvalue weighted by Crippen LogP contribution is -2.27. The highest BCUT2D eigenvalue weighted by molar-refractivity contribution is 7.92. The molecule has 7 nitrogen and oxygen atoms in total. The number of halogens is 1. The predicted molar refractivity (Wildman–Crippen MR) is 127 cm³/mol. The molecular formula is C22H19ClN4O3S2. The SMILES string of the molecule is CN(c1cccc(Cl)c1)S(=O)(=O)c1cccc(C(=O)Nc2ccnn2Cc2cccs2)c1. The Bertz CT molecular complexity index is 1350. The van der Waals surface area contributed by atoms with E-state index in [1.165, 1.54) is 25.2 Å². The fraction of sp³-hybridized carbons (Fsp3) is 0.0909. The van der Waals surface area contributed by atoms with Crippen LogP contribution >= 0.6 is 22.9 Å². The van der Waals surface area contributed by atoms with Crippen molar-refractivity contribution in [2.24, 2.45) is 0 Å². The summed E-state index contributed by atoms with van der Waals surface area (Å²) in [6, 6.07) is 18.1. The molecule has 0 saturated carbocycles. The molecule has 4 aromatic rings. The highest BCUT2D eigenvalue weighted by Gasteiger charge is 2.23. The van der Waals surface area contributed by atoms with E-state index < -0.39 is 15.9 Å². The molecule has 164 valence electrons. The van der Waals surface area contributed by atoms with Gasteiger partial charge in [0.25, 0.3) is 15.9 Å².